The highest BCUT2D eigenvalue weighted by Gasteiger charge is 2.39. The number of carbonyl (C=O) groups excluding carboxylic acids is 1. The average molecular weight is 390 g/mol. The van der Waals surface area contributed by atoms with Gasteiger partial charge < -0.3 is 0 Å². The molecular weight excluding hydrogens is 375 g/mol. The number of sulfonamides is 1. The third kappa shape index (κ3) is 3.71. The standard InChI is InChI=1S/C18H15FN2O3S2/c1-2-12-21-17(22)16(13-6-4-3-5-7-13)25-18(21)20-26(23,24)15-10-8-14(19)9-11-15/h2-11,16H,1,12H2/b20-18+. The van der Waals surface area contributed by atoms with E-state index in [9.17, 15) is 17.6 Å². The van der Waals surface area contributed by atoms with Gasteiger partial charge in [0, 0.05) is 6.54 Å². The molecule has 1 saturated heterocycles. The summed E-state index contributed by atoms with van der Waals surface area (Å²) in [5.41, 5.74) is 0.765. The van der Waals surface area contributed by atoms with Crippen LogP contribution in [0.3, 0.4) is 0 Å². The number of benzene rings is 2. The lowest BCUT2D eigenvalue weighted by Gasteiger charge is -2.13. The molecule has 0 radical (unpaired) electrons. The summed E-state index contributed by atoms with van der Waals surface area (Å²) in [6.45, 7) is 3.75. The minimum Gasteiger partial charge on any atom is -0.285 e. The van der Waals surface area contributed by atoms with E-state index in [2.05, 4.69) is 11.0 Å². The Hall–Kier alpha value is -2.45. The SMILES string of the molecule is C=CCN1C(=O)C(c2ccccc2)S/C1=N/S(=O)(=O)c1ccc(F)cc1. The van der Waals surface area contributed by atoms with Crippen molar-refractivity contribution in [3.05, 3.63) is 78.6 Å². The largest absolute Gasteiger partial charge is 0.285 e. The zero-order chi connectivity index (χ0) is 18.7. The molecule has 0 aromatic heterocycles. The van der Waals surface area contributed by atoms with Crippen LogP contribution in [0, 0.1) is 5.82 Å². The molecule has 3 rings (SSSR count). The molecule has 1 aliphatic rings. The number of rotatable bonds is 5. The average Bonchev–Trinajstić information content (AvgIpc) is 2.92. The second-order valence-electron chi connectivity index (χ2n) is 5.45. The topological polar surface area (TPSA) is 66.8 Å². The quantitative estimate of drug-likeness (QED) is 0.734. The van der Waals surface area contributed by atoms with Crippen molar-refractivity contribution in [2.24, 2.45) is 4.40 Å². The van der Waals surface area contributed by atoms with E-state index in [1.165, 1.54) is 11.0 Å². The molecule has 0 aliphatic carbocycles. The molecule has 0 saturated carbocycles. The summed E-state index contributed by atoms with van der Waals surface area (Å²) in [7, 11) is -4.07. The first-order chi connectivity index (χ1) is 12.4. The molecule has 2 aromatic rings. The Morgan fingerprint density at radius 1 is 1.15 bits per heavy atom. The lowest BCUT2D eigenvalue weighted by atomic mass is 10.1. The van der Waals surface area contributed by atoms with E-state index >= 15 is 0 Å². The lowest BCUT2D eigenvalue weighted by molar-refractivity contribution is -0.125. The first kappa shape index (κ1) is 18.3. The maximum Gasteiger partial charge on any atom is 0.284 e. The molecule has 1 fully saturated rings. The lowest BCUT2D eigenvalue weighted by Crippen LogP contribution is -2.30. The fourth-order valence-electron chi connectivity index (χ4n) is 2.42. The first-order valence-corrected chi connectivity index (χ1v) is 9.99. The molecule has 1 aliphatic heterocycles. The Labute approximate surface area is 155 Å². The van der Waals surface area contributed by atoms with Crippen molar-refractivity contribution >= 4 is 32.9 Å². The minimum atomic E-state index is -4.07. The van der Waals surface area contributed by atoms with E-state index in [-0.39, 0.29) is 22.5 Å². The molecular formula is C18H15FN2O3S2. The predicted octanol–water partition coefficient (Wildman–Crippen LogP) is 3.37. The van der Waals surface area contributed by atoms with Crippen molar-refractivity contribution in [1.82, 2.24) is 4.90 Å². The Bertz CT molecular complexity index is 958. The molecule has 1 atom stereocenters. The summed E-state index contributed by atoms with van der Waals surface area (Å²) < 4.78 is 41.9. The summed E-state index contributed by atoms with van der Waals surface area (Å²) in [5, 5.41) is -0.494. The van der Waals surface area contributed by atoms with Gasteiger partial charge in [0.25, 0.3) is 10.0 Å². The smallest absolute Gasteiger partial charge is 0.284 e. The maximum absolute atomic E-state index is 13.0. The summed E-state index contributed by atoms with van der Waals surface area (Å²) >= 11 is 1.07. The van der Waals surface area contributed by atoms with Crippen molar-refractivity contribution in [1.29, 1.82) is 0 Å². The van der Waals surface area contributed by atoms with E-state index in [0.29, 0.717) is 0 Å². The normalized spacial score (nSPS) is 19.1. The molecule has 1 unspecified atom stereocenters. The van der Waals surface area contributed by atoms with Crippen LogP contribution in [0.25, 0.3) is 0 Å². The monoisotopic (exact) mass is 390 g/mol. The first-order valence-electron chi connectivity index (χ1n) is 7.67. The van der Waals surface area contributed by atoms with Crippen LogP contribution in [-0.4, -0.2) is 30.9 Å². The number of amides is 1. The number of hydrogen-bond acceptors (Lipinski definition) is 4. The highest BCUT2D eigenvalue weighted by atomic mass is 32.2. The van der Waals surface area contributed by atoms with Gasteiger partial charge in [0.1, 0.15) is 11.1 Å². The fourth-order valence-corrected chi connectivity index (χ4v) is 4.80. The number of halogens is 1. The number of amidine groups is 1. The molecule has 1 heterocycles. The number of nitrogens with zero attached hydrogens (tertiary/aromatic N) is 2. The van der Waals surface area contributed by atoms with E-state index in [1.54, 1.807) is 12.1 Å². The minimum absolute atomic E-state index is 0.0769. The molecule has 1 amide bonds. The van der Waals surface area contributed by atoms with E-state index in [0.717, 1.165) is 41.6 Å². The van der Waals surface area contributed by atoms with Gasteiger partial charge in [-0.2, -0.15) is 8.42 Å². The van der Waals surface area contributed by atoms with Crippen molar-refractivity contribution in [2.45, 2.75) is 10.1 Å². The molecule has 0 bridgehead atoms. The van der Waals surface area contributed by atoms with Crippen molar-refractivity contribution < 1.29 is 17.6 Å². The van der Waals surface area contributed by atoms with Gasteiger partial charge in [-0.3, -0.25) is 9.69 Å². The predicted molar refractivity (Wildman–Crippen MR) is 99.7 cm³/mol. The zero-order valence-corrected chi connectivity index (χ0v) is 15.2. The molecule has 8 heteroatoms. The van der Waals surface area contributed by atoms with Crippen LogP contribution in [0.15, 0.2) is 76.5 Å². The fraction of sp³-hybridized carbons (Fsp3) is 0.111. The van der Waals surface area contributed by atoms with Gasteiger partial charge in [-0.05, 0) is 29.8 Å². The van der Waals surface area contributed by atoms with Crippen LogP contribution in [-0.2, 0) is 14.8 Å². The van der Waals surface area contributed by atoms with Gasteiger partial charge >= 0.3 is 0 Å². The number of hydrogen-bond donors (Lipinski definition) is 0. The van der Waals surface area contributed by atoms with Crippen molar-refractivity contribution in [3.8, 4) is 0 Å². The van der Waals surface area contributed by atoms with E-state index < -0.39 is 21.1 Å². The summed E-state index contributed by atoms with van der Waals surface area (Å²) in [6, 6.07) is 13.5. The molecule has 134 valence electrons. The van der Waals surface area contributed by atoms with Crippen LogP contribution in [0.2, 0.25) is 0 Å². The zero-order valence-electron chi connectivity index (χ0n) is 13.6. The van der Waals surface area contributed by atoms with Gasteiger partial charge in [-0.25, -0.2) is 4.39 Å². The highest BCUT2D eigenvalue weighted by molar-refractivity contribution is 8.15. The Morgan fingerprint density at radius 2 is 1.81 bits per heavy atom. The van der Waals surface area contributed by atoms with Gasteiger partial charge in [0.15, 0.2) is 5.17 Å². The van der Waals surface area contributed by atoms with Crippen LogP contribution >= 0.6 is 11.8 Å². The molecule has 5 nitrogen and oxygen atoms in total. The molecule has 0 N–H and O–H groups in total. The third-order valence-electron chi connectivity index (χ3n) is 3.67. The van der Waals surface area contributed by atoms with Gasteiger partial charge in [-0.1, -0.05) is 48.2 Å². The van der Waals surface area contributed by atoms with Crippen molar-refractivity contribution in [3.63, 3.8) is 0 Å². The summed E-state index contributed by atoms with van der Waals surface area (Å²) in [6.07, 6.45) is 1.51. The van der Waals surface area contributed by atoms with Gasteiger partial charge in [0.2, 0.25) is 5.91 Å². The second-order valence-corrected chi connectivity index (χ2v) is 8.13. The summed E-state index contributed by atoms with van der Waals surface area (Å²) in [4.78, 5) is 13.9. The summed E-state index contributed by atoms with van der Waals surface area (Å²) in [5.74, 6) is -0.798. The molecule has 0 spiro atoms. The number of thioether (sulfide) groups is 1. The maximum atomic E-state index is 13.0. The van der Waals surface area contributed by atoms with Crippen LogP contribution in [0.4, 0.5) is 4.39 Å². The molecule has 2 aromatic carbocycles. The highest BCUT2D eigenvalue weighted by Crippen LogP contribution is 2.39. The van der Waals surface area contributed by atoms with E-state index in [1.807, 2.05) is 18.2 Å². The Kier molecular flexibility index (Phi) is 5.24. The van der Waals surface area contributed by atoms with E-state index in [4.69, 9.17) is 0 Å². The van der Waals surface area contributed by atoms with Crippen molar-refractivity contribution in [2.75, 3.05) is 6.54 Å². The van der Waals surface area contributed by atoms with Crippen LogP contribution < -0.4 is 0 Å². The third-order valence-corrected chi connectivity index (χ3v) is 6.30. The Morgan fingerprint density at radius 3 is 2.42 bits per heavy atom. The number of carbonyl (C=O) groups is 1. The molecule has 26 heavy (non-hydrogen) atoms. The van der Waals surface area contributed by atoms with Crippen LogP contribution in [0.1, 0.15) is 10.8 Å². The van der Waals surface area contributed by atoms with Crippen LogP contribution in [0.5, 0.6) is 0 Å². The second kappa shape index (κ2) is 7.43. The van der Waals surface area contributed by atoms with Gasteiger partial charge in [0.05, 0.1) is 4.90 Å². The Balaban J connectivity index is 1.98. The van der Waals surface area contributed by atoms with Gasteiger partial charge in [-0.15, -0.1) is 11.0 Å².